The minimum Gasteiger partial charge on any atom is -0.710 e. The maximum Gasteiger partial charge on any atom is 0.333 e. The van der Waals surface area contributed by atoms with Crippen molar-refractivity contribution in [2.75, 3.05) is 6.54 Å². The number of imidazole rings is 1. The lowest BCUT2D eigenvalue weighted by atomic mass is 10.2. The molecule has 0 saturated heterocycles. The fourth-order valence-corrected chi connectivity index (χ4v) is 2.37. The normalized spacial score (nSPS) is 10.3. The number of amides is 3. The van der Waals surface area contributed by atoms with Gasteiger partial charge in [0.15, 0.2) is 5.69 Å². The first-order valence-corrected chi connectivity index (χ1v) is 8.20. The average Bonchev–Trinajstić information content (AvgIpc) is 2.87. The molecule has 0 spiro atoms. The number of carbonyl (C=O) groups is 2. The minimum atomic E-state index is -0.662. The van der Waals surface area contributed by atoms with Crippen LogP contribution in [0, 0.1) is 12.1 Å². The number of benzene rings is 1. The third-order valence-electron chi connectivity index (χ3n) is 3.75. The maximum absolute atomic E-state index is 12.2. The highest BCUT2D eigenvalue weighted by molar-refractivity contribution is 5.93. The van der Waals surface area contributed by atoms with Crippen molar-refractivity contribution < 1.29 is 14.3 Å². The molecule has 1 aromatic heterocycles. The zero-order valence-corrected chi connectivity index (χ0v) is 14.4. The zero-order valence-electron chi connectivity index (χ0n) is 14.4. The number of carbonyl (C=O) groups excluding carboxylic acids is 2. The first-order valence-electron chi connectivity index (χ1n) is 8.20. The smallest absolute Gasteiger partial charge is 0.333 e. The molecule has 0 radical (unpaired) electrons. The van der Waals surface area contributed by atoms with Crippen LogP contribution in [0.4, 0.5) is 4.79 Å². The largest absolute Gasteiger partial charge is 0.710 e. The molecule has 0 unspecified atom stereocenters. The van der Waals surface area contributed by atoms with Crippen LogP contribution in [-0.4, -0.2) is 23.1 Å². The van der Waals surface area contributed by atoms with Gasteiger partial charge in [0.1, 0.15) is 6.54 Å². The van der Waals surface area contributed by atoms with Crippen molar-refractivity contribution >= 4 is 11.9 Å². The molecule has 2 rings (SSSR count). The van der Waals surface area contributed by atoms with E-state index in [-0.39, 0.29) is 5.69 Å². The van der Waals surface area contributed by atoms with Gasteiger partial charge < -0.3 is 10.5 Å². The summed E-state index contributed by atoms with van der Waals surface area (Å²) in [4.78, 5) is 23.7. The van der Waals surface area contributed by atoms with E-state index in [1.165, 1.54) is 6.33 Å². The Morgan fingerprint density at radius 1 is 1.20 bits per heavy atom. The summed E-state index contributed by atoms with van der Waals surface area (Å²) >= 11 is 0. The lowest BCUT2D eigenvalue weighted by Gasteiger charge is -2.08. The fraction of sp³-hybridized carbons (Fsp3) is 0.353. The molecule has 1 aromatic carbocycles. The summed E-state index contributed by atoms with van der Waals surface area (Å²) in [5.74, 6) is -0.662. The van der Waals surface area contributed by atoms with Crippen LogP contribution in [0.15, 0.2) is 36.7 Å². The van der Waals surface area contributed by atoms with Gasteiger partial charge in [-0.25, -0.2) is 19.5 Å². The van der Waals surface area contributed by atoms with Gasteiger partial charge in [-0.2, -0.15) is 0 Å². The molecule has 8 nitrogen and oxygen atoms in total. The fourth-order valence-electron chi connectivity index (χ4n) is 2.37. The number of nitrogens with zero attached hydrogens (tertiary/aromatic N) is 2. The van der Waals surface area contributed by atoms with Gasteiger partial charge in [0, 0.05) is 13.5 Å². The topological polar surface area (TPSA) is 102 Å². The Morgan fingerprint density at radius 3 is 2.60 bits per heavy atom. The van der Waals surface area contributed by atoms with Crippen LogP contribution in [0.5, 0.6) is 0 Å². The van der Waals surface area contributed by atoms with E-state index >= 15 is 0 Å². The summed E-state index contributed by atoms with van der Waals surface area (Å²) in [6, 6.07) is 9.10. The number of hydrogen-bond donors (Lipinski definition) is 3. The molecule has 2 aromatic rings. The van der Waals surface area contributed by atoms with Crippen molar-refractivity contribution in [3.8, 4) is 0 Å². The van der Waals surface area contributed by atoms with Crippen LogP contribution in [-0.2, 0) is 6.54 Å². The molecule has 0 atom stereocenters. The van der Waals surface area contributed by atoms with Crippen molar-refractivity contribution in [3.05, 3.63) is 58.8 Å². The number of unbranched alkanes of at least 4 members (excludes halogenated alkanes) is 1. The van der Waals surface area contributed by atoms with Gasteiger partial charge in [-0.15, -0.1) is 0 Å². The molecule has 0 fully saturated rings. The van der Waals surface area contributed by atoms with E-state index in [2.05, 4.69) is 16.2 Å². The number of urea groups is 1. The highest BCUT2D eigenvalue weighted by atomic mass is 16.5. The van der Waals surface area contributed by atoms with Crippen LogP contribution in [0.3, 0.4) is 0 Å². The highest BCUT2D eigenvalue weighted by Crippen LogP contribution is 2.08. The SMILES string of the molecule is CCCCNC(=O)NNC(=O)c1c(C)n(Cc2ccccc2)c[n+]1[O-]. The Bertz CT molecular complexity index is 727. The molecule has 0 aliphatic heterocycles. The van der Waals surface area contributed by atoms with E-state index in [0.717, 1.165) is 18.4 Å². The van der Waals surface area contributed by atoms with Crippen LogP contribution in [0.25, 0.3) is 0 Å². The van der Waals surface area contributed by atoms with E-state index < -0.39 is 11.9 Å². The molecule has 0 bridgehead atoms. The summed E-state index contributed by atoms with van der Waals surface area (Å²) in [5, 5.41) is 14.7. The van der Waals surface area contributed by atoms with E-state index in [1.54, 1.807) is 11.5 Å². The van der Waals surface area contributed by atoms with Gasteiger partial charge in [-0.1, -0.05) is 43.7 Å². The van der Waals surface area contributed by atoms with E-state index in [0.29, 0.717) is 23.5 Å². The number of aromatic nitrogens is 2. The molecule has 25 heavy (non-hydrogen) atoms. The Balaban J connectivity index is 1.99. The maximum atomic E-state index is 12.2. The molecule has 0 saturated carbocycles. The van der Waals surface area contributed by atoms with Crippen LogP contribution >= 0.6 is 0 Å². The third kappa shape index (κ3) is 4.97. The molecule has 134 valence electrons. The number of hydrogen-bond acceptors (Lipinski definition) is 3. The predicted octanol–water partition coefficient (Wildman–Crippen LogP) is 1.22. The quantitative estimate of drug-likeness (QED) is 0.317. The molecular formula is C17H23N5O3. The van der Waals surface area contributed by atoms with E-state index in [4.69, 9.17) is 0 Å². The minimum absolute atomic E-state index is 0.0511. The first kappa shape index (κ1) is 18.3. The summed E-state index contributed by atoms with van der Waals surface area (Å²) in [6.07, 6.45) is 3.12. The Kier molecular flexibility index (Phi) is 6.39. The molecule has 8 heteroatoms. The molecular weight excluding hydrogens is 322 g/mol. The molecule has 0 aliphatic carbocycles. The van der Waals surface area contributed by atoms with Crippen LogP contribution in [0.1, 0.15) is 41.5 Å². The molecule has 1 heterocycles. The van der Waals surface area contributed by atoms with Crippen molar-refractivity contribution in [2.24, 2.45) is 0 Å². The Morgan fingerprint density at radius 2 is 1.92 bits per heavy atom. The second kappa shape index (κ2) is 8.72. The summed E-state index contributed by atoms with van der Waals surface area (Å²) in [5.41, 5.74) is 5.97. The zero-order chi connectivity index (χ0) is 18.2. The summed E-state index contributed by atoms with van der Waals surface area (Å²) in [6.45, 7) is 4.70. The standard InChI is InChI=1S/C17H23N5O3/c1-3-4-10-18-17(24)20-19-16(23)15-13(2)21(12-22(15)25)11-14-8-6-5-7-9-14/h5-9,12H,3-4,10-11H2,1-2H3,(H,19,23)(H2,18,20,24). The van der Waals surface area contributed by atoms with Crippen molar-refractivity contribution in [2.45, 2.75) is 33.2 Å². The van der Waals surface area contributed by atoms with Crippen molar-refractivity contribution in [1.82, 2.24) is 20.7 Å². The second-order valence-electron chi connectivity index (χ2n) is 5.68. The predicted molar refractivity (Wildman–Crippen MR) is 92.6 cm³/mol. The Hall–Kier alpha value is -3.03. The lowest BCUT2D eigenvalue weighted by Crippen LogP contribution is -2.49. The lowest BCUT2D eigenvalue weighted by molar-refractivity contribution is -0.607. The summed E-state index contributed by atoms with van der Waals surface area (Å²) in [7, 11) is 0. The van der Waals surface area contributed by atoms with E-state index in [1.807, 2.05) is 37.3 Å². The monoisotopic (exact) mass is 345 g/mol. The van der Waals surface area contributed by atoms with Gasteiger partial charge in [-0.3, -0.25) is 10.2 Å². The molecule has 0 aliphatic rings. The van der Waals surface area contributed by atoms with Gasteiger partial charge in [0.25, 0.3) is 0 Å². The van der Waals surface area contributed by atoms with Gasteiger partial charge in [-0.05, 0) is 12.0 Å². The second-order valence-corrected chi connectivity index (χ2v) is 5.68. The van der Waals surface area contributed by atoms with Crippen molar-refractivity contribution in [3.63, 3.8) is 0 Å². The molecule has 3 N–H and O–H groups in total. The number of rotatable bonds is 6. The van der Waals surface area contributed by atoms with E-state index in [9.17, 15) is 14.8 Å². The average molecular weight is 345 g/mol. The van der Waals surface area contributed by atoms with Gasteiger partial charge in [0.2, 0.25) is 12.0 Å². The third-order valence-corrected chi connectivity index (χ3v) is 3.75. The Labute approximate surface area is 146 Å². The number of hydrazine groups is 1. The molecule has 3 amide bonds. The number of nitrogens with one attached hydrogen (secondary N) is 3. The summed E-state index contributed by atoms with van der Waals surface area (Å²) < 4.78 is 2.20. The van der Waals surface area contributed by atoms with Crippen LogP contribution < -0.4 is 20.9 Å². The van der Waals surface area contributed by atoms with Gasteiger partial charge >= 0.3 is 11.9 Å². The van der Waals surface area contributed by atoms with Crippen molar-refractivity contribution in [1.29, 1.82) is 0 Å². The highest BCUT2D eigenvalue weighted by Gasteiger charge is 2.23. The first-order chi connectivity index (χ1) is 12.0. The van der Waals surface area contributed by atoms with Gasteiger partial charge in [0.05, 0.1) is 0 Å². The van der Waals surface area contributed by atoms with Crippen LogP contribution in [0.2, 0.25) is 0 Å².